The average Bonchev–Trinajstić information content (AvgIpc) is 2.77. The van der Waals surface area contributed by atoms with Crippen LogP contribution in [0.1, 0.15) is 34.7 Å². The fourth-order valence-corrected chi connectivity index (χ4v) is 2.64. The summed E-state index contributed by atoms with van der Waals surface area (Å²) in [5.74, 6) is 1.45. The summed E-state index contributed by atoms with van der Waals surface area (Å²) in [7, 11) is 1.72. The normalized spacial score (nSPS) is 17.4. The molecule has 1 saturated heterocycles. The zero-order valence-electron chi connectivity index (χ0n) is 12.6. The minimum absolute atomic E-state index is 0.0188. The number of furan rings is 1. The number of nitrogens with zero attached hydrogens (tertiary/aromatic N) is 1. The van der Waals surface area contributed by atoms with Crippen LogP contribution in [0.25, 0.3) is 0 Å². The number of piperidine rings is 1. The van der Waals surface area contributed by atoms with Gasteiger partial charge in [0.15, 0.2) is 0 Å². The Morgan fingerprint density at radius 3 is 2.70 bits per heavy atom. The molecular weight excluding hydrogens is 256 g/mol. The van der Waals surface area contributed by atoms with E-state index in [-0.39, 0.29) is 11.9 Å². The number of hydrogen-bond donors (Lipinski definition) is 1. The second-order valence-corrected chi connectivity index (χ2v) is 5.41. The molecule has 1 fully saturated rings. The maximum Gasteiger partial charge on any atom is 0.255 e. The minimum Gasteiger partial charge on any atom is -0.466 e. The molecule has 0 bridgehead atoms. The van der Waals surface area contributed by atoms with Crippen LogP contribution in [0.2, 0.25) is 0 Å². The van der Waals surface area contributed by atoms with Crippen molar-refractivity contribution < 1.29 is 13.9 Å². The van der Waals surface area contributed by atoms with Gasteiger partial charge in [0.05, 0.1) is 12.2 Å². The number of methoxy groups -OCH3 is 1. The highest BCUT2D eigenvalue weighted by atomic mass is 16.5. The van der Waals surface area contributed by atoms with Crippen LogP contribution in [0.15, 0.2) is 10.5 Å². The molecule has 0 aliphatic carbocycles. The molecule has 1 amide bonds. The van der Waals surface area contributed by atoms with Crippen LogP contribution in [-0.2, 0) is 4.74 Å². The van der Waals surface area contributed by atoms with Crippen molar-refractivity contribution in [3.8, 4) is 0 Å². The molecule has 2 rings (SSSR count). The summed E-state index contributed by atoms with van der Waals surface area (Å²) in [4.78, 5) is 14.6. The van der Waals surface area contributed by atoms with E-state index in [4.69, 9.17) is 9.15 Å². The molecule has 2 heterocycles. The Morgan fingerprint density at radius 1 is 1.45 bits per heavy atom. The first-order chi connectivity index (χ1) is 9.60. The second-order valence-electron chi connectivity index (χ2n) is 5.41. The van der Waals surface area contributed by atoms with Gasteiger partial charge in [-0.15, -0.1) is 0 Å². The number of nitrogens with one attached hydrogen (secondary N) is 1. The van der Waals surface area contributed by atoms with Gasteiger partial charge in [0, 0.05) is 32.8 Å². The van der Waals surface area contributed by atoms with Crippen molar-refractivity contribution in [1.29, 1.82) is 0 Å². The van der Waals surface area contributed by atoms with Crippen LogP contribution in [0.4, 0.5) is 0 Å². The van der Waals surface area contributed by atoms with E-state index in [0.29, 0.717) is 11.3 Å². The molecule has 0 spiro atoms. The van der Waals surface area contributed by atoms with E-state index < -0.39 is 0 Å². The van der Waals surface area contributed by atoms with Gasteiger partial charge < -0.3 is 19.4 Å². The van der Waals surface area contributed by atoms with E-state index in [0.717, 1.165) is 44.8 Å². The Bertz CT molecular complexity index is 448. The highest BCUT2D eigenvalue weighted by molar-refractivity contribution is 5.95. The van der Waals surface area contributed by atoms with Gasteiger partial charge in [-0.2, -0.15) is 0 Å². The predicted octanol–water partition coefficient (Wildman–Crippen LogP) is 1.74. The second kappa shape index (κ2) is 6.90. The summed E-state index contributed by atoms with van der Waals surface area (Å²) >= 11 is 0. The largest absolute Gasteiger partial charge is 0.466 e. The molecule has 1 aliphatic rings. The topological polar surface area (TPSA) is 54.7 Å². The van der Waals surface area contributed by atoms with Crippen LogP contribution in [0, 0.1) is 13.8 Å². The molecule has 1 N–H and O–H groups in total. The Hall–Kier alpha value is -1.33. The summed E-state index contributed by atoms with van der Waals surface area (Å²) in [6.45, 7) is 7.45. The van der Waals surface area contributed by atoms with E-state index in [1.807, 2.05) is 13.8 Å². The molecule has 1 aromatic heterocycles. The molecule has 0 atom stereocenters. The quantitative estimate of drug-likeness (QED) is 0.892. The first-order valence-electron chi connectivity index (χ1n) is 7.19. The van der Waals surface area contributed by atoms with Crippen molar-refractivity contribution in [2.75, 3.05) is 33.4 Å². The summed E-state index contributed by atoms with van der Waals surface area (Å²) in [6.07, 6.45) is 1.98. The molecule has 112 valence electrons. The van der Waals surface area contributed by atoms with Crippen molar-refractivity contribution in [3.63, 3.8) is 0 Å². The van der Waals surface area contributed by atoms with E-state index in [1.165, 1.54) is 0 Å². The zero-order valence-corrected chi connectivity index (χ0v) is 12.6. The maximum atomic E-state index is 12.2. The van der Waals surface area contributed by atoms with Gasteiger partial charge in [0.25, 0.3) is 5.91 Å². The summed E-state index contributed by atoms with van der Waals surface area (Å²) < 4.78 is 10.5. The molecule has 5 nitrogen and oxygen atoms in total. The van der Waals surface area contributed by atoms with Crippen LogP contribution < -0.4 is 5.32 Å². The number of amides is 1. The van der Waals surface area contributed by atoms with Gasteiger partial charge in [0.1, 0.15) is 11.5 Å². The van der Waals surface area contributed by atoms with Gasteiger partial charge >= 0.3 is 0 Å². The maximum absolute atomic E-state index is 12.2. The third kappa shape index (κ3) is 3.84. The SMILES string of the molecule is COCCN1CCC(NC(=O)c2cc(C)oc2C)CC1. The molecular formula is C15H24N2O3. The lowest BCUT2D eigenvalue weighted by molar-refractivity contribution is 0.0891. The van der Waals surface area contributed by atoms with Crippen LogP contribution in [0.5, 0.6) is 0 Å². The highest BCUT2D eigenvalue weighted by Crippen LogP contribution is 2.15. The third-order valence-electron chi connectivity index (χ3n) is 3.82. The monoisotopic (exact) mass is 280 g/mol. The van der Waals surface area contributed by atoms with Crippen LogP contribution >= 0.6 is 0 Å². The molecule has 1 aliphatic heterocycles. The van der Waals surface area contributed by atoms with E-state index >= 15 is 0 Å². The molecule has 0 radical (unpaired) electrons. The Morgan fingerprint density at radius 2 is 2.15 bits per heavy atom. The average molecular weight is 280 g/mol. The lowest BCUT2D eigenvalue weighted by Gasteiger charge is -2.32. The zero-order chi connectivity index (χ0) is 14.5. The lowest BCUT2D eigenvalue weighted by Crippen LogP contribution is -2.45. The fraction of sp³-hybridized carbons (Fsp3) is 0.667. The number of ether oxygens (including phenoxy) is 1. The lowest BCUT2D eigenvalue weighted by atomic mass is 10.0. The van der Waals surface area contributed by atoms with Gasteiger partial charge in [-0.05, 0) is 32.8 Å². The molecule has 0 saturated carbocycles. The molecule has 5 heteroatoms. The Kier molecular flexibility index (Phi) is 5.20. The molecule has 20 heavy (non-hydrogen) atoms. The standard InChI is InChI=1S/C15H24N2O3/c1-11-10-14(12(2)20-11)15(18)16-13-4-6-17(7-5-13)8-9-19-3/h10,13H,4-9H2,1-3H3,(H,16,18). The van der Waals surface area contributed by atoms with Gasteiger partial charge in [-0.1, -0.05) is 0 Å². The summed E-state index contributed by atoms with van der Waals surface area (Å²) in [6, 6.07) is 2.06. The molecule has 1 aromatic rings. The Labute approximate surface area is 120 Å². The molecule has 0 unspecified atom stereocenters. The minimum atomic E-state index is -0.0188. The van der Waals surface area contributed by atoms with E-state index in [9.17, 15) is 4.79 Å². The van der Waals surface area contributed by atoms with E-state index in [2.05, 4.69) is 10.2 Å². The number of hydrogen-bond acceptors (Lipinski definition) is 4. The van der Waals surface area contributed by atoms with Crippen molar-refractivity contribution in [3.05, 3.63) is 23.2 Å². The van der Waals surface area contributed by atoms with Crippen LogP contribution in [0.3, 0.4) is 0 Å². The highest BCUT2D eigenvalue weighted by Gasteiger charge is 2.22. The van der Waals surface area contributed by atoms with Gasteiger partial charge in [-0.3, -0.25) is 4.79 Å². The smallest absolute Gasteiger partial charge is 0.255 e. The van der Waals surface area contributed by atoms with E-state index in [1.54, 1.807) is 13.2 Å². The number of likely N-dealkylation sites (tertiary alicyclic amines) is 1. The third-order valence-corrected chi connectivity index (χ3v) is 3.82. The number of rotatable bonds is 5. The van der Waals surface area contributed by atoms with Crippen molar-refractivity contribution in [2.45, 2.75) is 32.7 Å². The summed E-state index contributed by atoms with van der Waals surface area (Å²) in [5.41, 5.74) is 0.657. The number of carbonyl (C=O) groups excluding carboxylic acids is 1. The van der Waals surface area contributed by atoms with Crippen LogP contribution in [-0.4, -0.2) is 50.2 Å². The number of carbonyl (C=O) groups is 1. The van der Waals surface area contributed by atoms with Crippen molar-refractivity contribution >= 4 is 5.91 Å². The Balaban J connectivity index is 1.80. The van der Waals surface area contributed by atoms with Gasteiger partial charge in [0.2, 0.25) is 0 Å². The first kappa shape index (κ1) is 15.1. The van der Waals surface area contributed by atoms with Crippen molar-refractivity contribution in [2.24, 2.45) is 0 Å². The molecule has 0 aromatic carbocycles. The summed E-state index contributed by atoms with van der Waals surface area (Å²) in [5, 5.41) is 3.11. The van der Waals surface area contributed by atoms with Crippen molar-refractivity contribution in [1.82, 2.24) is 10.2 Å². The fourth-order valence-electron chi connectivity index (χ4n) is 2.64. The predicted molar refractivity (Wildman–Crippen MR) is 77.0 cm³/mol. The number of aryl methyl sites for hydroxylation is 2. The van der Waals surface area contributed by atoms with Gasteiger partial charge in [-0.25, -0.2) is 0 Å². The first-order valence-corrected chi connectivity index (χ1v) is 7.19.